The second-order valence-corrected chi connectivity index (χ2v) is 9.39. The number of morpholine rings is 1. The summed E-state index contributed by atoms with van der Waals surface area (Å²) < 4.78 is 7.63. The molecule has 1 aromatic heterocycles. The highest BCUT2D eigenvalue weighted by Gasteiger charge is 2.42. The van der Waals surface area contributed by atoms with Crippen LogP contribution in [0.15, 0.2) is 5.16 Å². The van der Waals surface area contributed by atoms with Gasteiger partial charge in [-0.25, -0.2) is 0 Å². The molecule has 1 N–H and O–H groups in total. The molecular formula is C19H31N5O2S. The molecule has 0 radical (unpaired) electrons. The molecule has 3 aliphatic rings. The number of carbonyl (C=O) groups excluding carboxylic acids is 1. The lowest BCUT2D eigenvalue weighted by Crippen LogP contribution is -2.39. The quantitative estimate of drug-likeness (QED) is 0.648. The zero-order valence-corrected chi connectivity index (χ0v) is 17.2. The second-order valence-electron chi connectivity index (χ2n) is 8.44. The van der Waals surface area contributed by atoms with Gasteiger partial charge < -0.3 is 15.0 Å². The third-order valence-corrected chi connectivity index (χ3v) is 6.43. The highest BCUT2D eigenvalue weighted by Crippen LogP contribution is 2.44. The van der Waals surface area contributed by atoms with Crippen molar-refractivity contribution in [3.63, 3.8) is 0 Å². The molecule has 0 spiro atoms. The molecule has 3 fully saturated rings. The summed E-state index contributed by atoms with van der Waals surface area (Å²) in [6.07, 6.45) is 5.11. The van der Waals surface area contributed by atoms with Gasteiger partial charge in [0.25, 0.3) is 0 Å². The molecule has 8 heteroatoms. The van der Waals surface area contributed by atoms with E-state index in [-0.39, 0.29) is 5.91 Å². The molecule has 4 rings (SSSR count). The fourth-order valence-electron chi connectivity index (χ4n) is 3.80. The van der Waals surface area contributed by atoms with Crippen molar-refractivity contribution in [1.29, 1.82) is 0 Å². The summed E-state index contributed by atoms with van der Waals surface area (Å²) in [5, 5.41) is 13.0. The highest BCUT2D eigenvalue weighted by atomic mass is 32.2. The lowest BCUT2D eigenvalue weighted by molar-refractivity contribution is -0.119. The monoisotopic (exact) mass is 393 g/mol. The smallest absolute Gasteiger partial charge is 0.230 e. The van der Waals surface area contributed by atoms with Crippen LogP contribution >= 0.6 is 11.8 Å². The number of nitrogens with one attached hydrogen (secondary N) is 1. The maximum absolute atomic E-state index is 12.5. The summed E-state index contributed by atoms with van der Waals surface area (Å²) in [5.41, 5.74) is 0. The minimum absolute atomic E-state index is 0.135. The van der Waals surface area contributed by atoms with E-state index in [0.29, 0.717) is 17.7 Å². The molecule has 2 saturated carbocycles. The van der Waals surface area contributed by atoms with Crippen molar-refractivity contribution in [2.24, 2.45) is 17.8 Å². The molecule has 0 atom stereocenters. The van der Waals surface area contributed by atoms with Crippen molar-refractivity contribution in [2.45, 2.75) is 57.3 Å². The summed E-state index contributed by atoms with van der Waals surface area (Å²) >= 11 is 1.51. The molecule has 0 bridgehead atoms. The van der Waals surface area contributed by atoms with E-state index in [1.165, 1.54) is 37.4 Å². The van der Waals surface area contributed by atoms with Crippen molar-refractivity contribution in [3.05, 3.63) is 0 Å². The molecule has 0 aromatic carbocycles. The van der Waals surface area contributed by atoms with E-state index >= 15 is 0 Å². The van der Waals surface area contributed by atoms with E-state index in [4.69, 9.17) is 4.74 Å². The van der Waals surface area contributed by atoms with Gasteiger partial charge >= 0.3 is 0 Å². The Bertz CT molecular complexity index is 639. The van der Waals surface area contributed by atoms with Crippen molar-refractivity contribution in [1.82, 2.24) is 20.1 Å². The third-order valence-electron chi connectivity index (χ3n) is 5.46. The number of aromatic nitrogens is 3. The van der Waals surface area contributed by atoms with Gasteiger partial charge in [0.1, 0.15) is 0 Å². The lowest BCUT2D eigenvalue weighted by atomic mass is 10.1. The van der Waals surface area contributed by atoms with Crippen LogP contribution in [0.1, 0.15) is 39.5 Å². The summed E-state index contributed by atoms with van der Waals surface area (Å²) in [4.78, 5) is 14.8. The van der Waals surface area contributed by atoms with E-state index in [1.54, 1.807) is 0 Å². The Morgan fingerprint density at radius 2 is 1.85 bits per heavy atom. The number of thioether (sulfide) groups is 1. The zero-order valence-electron chi connectivity index (χ0n) is 16.4. The van der Waals surface area contributed by atoms with Crippen molar-refractivity contribution in [3.8, 4) is 0 Å². The molecule has 0 unspecified atom stereocenters. The Hall–Kier alpha value is -1.28. The Morgan fingerprint density at radius 1 is 1.19 bits per heavy atom. The molecule has 1 amide bonds. The van der Waals surface area contributed by atoms with Gasteiger partial charge in [0.15, 0.2) is 5.16 Å². The molecule has 2 heterocycles. The number of anilines is 1. The summed E-state index contributed by atoms with van der Waals surface area (Å²) in [6, 6.07) is 0.413. The molecule has 27 heavy (non-hydrogen) atoms. The Morgan fingerprint density at radius 3 is 2.44 bits per heavy atom. The number of rotatable bonds is 9. The predicted molar refractivity (Wildman–Crippen MR) is 106 cm³/mol. The molecule has 150 valence electrons. The van der Waals surface area contributed by atoms with Crippen molar-refractivity contribution >= 4 is 23.6 Å². The molecule has 1 aliphatic heterocycles. The van der Waals surface area contributed by atoms with Gasteiger partial charge in [-0.05, 0) is 43.4 Å². The largest absolute Gasteiger partial charge is 0.378 e. The maximum atomic E-state index is 12.5. The minimum atomic E-state index is 0.135. The number of ether oxygens (including phenoxy) is 1. The van der Waals surface area contributed by atoms with Gasteiger partial charge in [-0.1, -0.05) is 25.6 Å². The van der Waals surface area contributed by atoms with E-state index in [9.17, 15) is 4.79 Å². The predicted octanol–water partition coefficient (Wildman–Crippen LogP) is 2.17. The second kappa shape index (κ2) is 8.39. The summed E-state index contributed by atoms with van der Waals surface area (Å²) in [6.45, 7) is 8.38. The summed E-state index contributed by atoms with van der Waals surface area (Å²) in [5.74, 6) is 3.39. The SMILES string of the molecule is CC(C)Cn1c(SCC(=O)NC(C2CC2)C2CC2)nnc1N1CCOCC1. The normalized spacial score (nSPS) is 20.5. The lowest BCUT2D eigenvalue weighted by Gasteiger charge is -2.28. The van der Waals surface area contributed by atoms with Crippen molar-refractivity contribution < 1.29 is 9.53 Å². The number of carbonyl (C=O) groups is 1. The van der Waals surface area contributed by atoms with E-state index < -0.39 is 0 Å². The van der Waals surface area contributed by atoms with Crippen LogP contribution in [0.4, 0.5) is 5.95 Å². The fourth-order valence-corrected chi connectivity index (χ4v) is 4.55. The topological polar surface area (TPSA) is 72.3 Å². The first-order chi connectivity index (χ1) is 13.1. The van der Waals surface area contributed by atoms with E-state index in [1.807, 2.05) is 0 Å². The maximum Gasteiger partial charge on any atom is 0.230 e. The first-order valence-corrected chi connectivity index (χ1v) is 11.3. The average Bonchev–Trinajstić information content (AvgIpc) is 3.57. The molecule has 7 nitrogen and oxygen atoms in total. The molecule has 2 aliphatic carbocycles. The van der Waals surface area contributed by atoms with Gasteiger partial charge in [0.05, 0.1) is 19.0 Å². The van der Waals surface area contributed by atoms with Crippen LogP contribution in [0.5, 0.6) is 0 Å². The van der Waals surface area contributed by atoms with Crippen LogP contribution in [-0.4, -0.2) is 58.8 Å². The Balaban J connectivity index is 1.38. The van der Waals surface area contributed by atoms with Crippen LogP contribution in [-0.2, 0) is 16.1 Å². The van der Waals surface area contributed by atoms with Crippen LogP contribution in [0.3, 0.4) is 0 Å². The summed E-state index contributed by atoms with van der Waals surface area (Å²) in [7, 11) is 0. The number of nitrogens with zero attached hydrogens (tertiary/aromatic N) is 4. The molecule has 1 saturated heterocycles. The third kappa shape index (κ3) is 4.96. The average molecular weight is 394 g/mol. The molecule has 1 aromatic rings. The highest BCUT2D eigenvalue weighted by molar-refractivity contribution is 7.99. The van der Waals surface area contributed by atoms with E-state index in [0.717, 1.165) is 55.8 Å². The van der Waals surface area contributed by atoms with Crippen LogP contribution < -0.4 is 10.2 Å². The van der Waals surface area contributed by atoms with Gasteiger partial charge in [0, 0.05) is 25.7 Å². The fraction of sp³-hybridized carbons (Fsp3) is 0.842. The van der Waals surface area contributed by atoms with Gasteiger partial charge in [0.2, 0.25) is 11.9 Å². The molecular weight excluding hydrogens is 362 g/mol. The first-order valence-electron chi connectivity index (χ1n) is 10.3. The Labute approximate surface area is 165 Å². The van der Waals surface area contributed by atoms with E-state index in [2.05, 4.69) is 38.8 Å². The Kier molecular flexibility index (Phi) is 5.92. The van der Waals surface area contributed by atoms with Gasteiger partial charge in [-0.15, -0.1) is 10.2 Å². The number of amides is 1. The standard InChI is InChI=1S/C19H31N5O2S/c1-13(2)11-24-18(23-7-9-26-10-8-23)21-22-19(24)27-12-16(25)20-17(14-3-4-14)15-5-6-15/h13-15,17H,3-12H2,1-2H3,(H,20,25). The number of hydrogen-bond acceptors (Lipinski definition) is 6. The van der Waals surface area contributed by atoms with Gasteiger partial charge in [-0.3, -0.25) is 9.36 Å². The van der Waals surface area contributed by atoms with Crippen molar-refractivity contribution in [2.75, 3.05) is 37.0 Å². The van der Waals surface area contributed by atoms with Crippen LogP contribution in [0.25, 0.3) is 0 Å². The van der Waals surface area contributed by atoms with Crippen LogP contribution in [0, 0.1) is 17.8 Å². The van der Waals surface area contributed by atoms with Gasteiger partial charge in [-0.2, -0.15) is 0 Å². The van der Waals surface area contributed by atoms with Crippen LogP contribution in [0.2, 0.25) is 0 Å². The first kappa shape index (κ1) is 19.1. The minimum Gasteiger partial charge on any atom is -0.378 e. The zero-order chi connectivity index (χ0) is 18.8. The number of hydrogen-bond donors (Lipinski definition) is 1.